The minimum absolute atomic E-state index is 0.0665. The normalized spacial score (nSPS) is 15.0. The Labute approximate surface area is 137 Å². The zero-order valence-corrected chi connectivity index (χ0v) is 12.5. The molecule has 1 aromatic rings. The summed E-state index contributed by atoms with van der Waals surface area (Å²) in [6.07, 6.45) is -7.71. The third kappa shape index (κ3) is 5.61. The number of carbonyl (C=O) groups is 2. The molecule has 1 aliphatic carbocycles. The number of pyridine rings is 1. The molecule has 0 atom stereocenters. The smallest absolute Gasteiger partial charge is 0.422 e. The number of nitrogens with zero attached hydrogens (tertiary/aromatic N) is 2. The molecule has 1 heterocycles. The van der Waals surface area contributed by atoms with E-state index in [2.05, 4.69) is 9.72 Å². The van der Waals surface area contributed by atoms with E-state index in [0.717, 1.165) is 17.0 Å². The Morgan fingerprint density at radius 1 is 1.16 bits per heavy atom. The van der Waals surface area contributed by atoms with Gasteiger partial charge in [-0.2, -0.15) is 26.3 Å². The first-order chi connectivity index (χ1) is 11.5. The van der Waals surface area contributed by atoms with Crippen LogP contribution in [0, 0.1) is 0 Å². The van der Waals surface area contributed by atoms with E-state index in [1.165, 1.54) is 0 Å². The number of hydrogen-bond donors (Lipinski definition) is 0. The second kappa shape index (κ2) is 6.89. The largest absolute Gasteiger partial charge is 0.449 e. The number of ether oxygens (including phenoxy) is 1. The van der Waals surface area contributed by atoms with Crippen molar-refractivity contribution in [2.24, 2.45) is 0 Å². The lowest BCUT2D eigenvalue weighted by Crippen LogP contribution is -2.40. The SMILES string of the molecule is O=C(OCC(F)(F)F)C(=O)N(Cc1ccc(C(F)(F)F)cn1)C1CC1. The number of halogens is 6. The van der Waals surface area contributed by atoms with Gasteiger partial charge in [-0.1, -0.05) is 0 Å². The average Bonchev–Trinajstić information content (AvgIpc) is 3.33. The van der Waals surface area contributed by atoms with Crippen molar-refractivity contribution >= 4 is 11.9 Å². The molecule has 1 aromatic heterocycles. The van der Waals surface area contributed by atoms with Crippen molar-refractivity contribution in [2.45, 2.75) is 37.8 Å². The van der Waals surface area contributed by atoms with Gasteiger partial charge in [0.15, 0.2) is 6.61 Å². The maximum atomic E-state index is 12.5. The second-order valence-corrected chi connectivity index (χ2v) is 5.39. The predicted molar refractivity (Wildman–Crippen MR) is 69.8 cm³/mol. The van der Waals surface area contributed by atoms with Crippen molar-refractivity contribution in [3.63, 3.8) is 0 Å². The first-order valence-electron chi connectivity index (χ1n) is 7.04. The average molecular weight is 370 g/mol. The third-order valence-electron chi connectivity index (χ3n) is 3.27. The zero-order chi connectivity index (χ0) is 18.8. The lowest BCUT2D eigenvalue weighted by molar-refractivity contribution is -0.189. The monoisotopic (exact) mass is 370 g/mol. The van der Waals surface area contributed by atoms with E-state index >= 15 is 0 Å². The van der Waals surface area contributed by atoms with Crippen molar-refractivity contribution in [3.8, 4) is 0 Å². The minimum Gasteiger partial charge on any atom is -0.449 e. The van der Waals surface area contributed by atoms with Gasteiger partial charge in [0.25, 0.3) is 0 Å². The highest BCUT2D eigenvalue weighted by Crippen LogP contribution is 2.30. The third-order valence-corrected chi connectivity index (χ3v) is 3.27. The molecule has 11 heteroatoms. The maximum absolute atomic E-state index is 12.5. The summed E-state index contributed by atoms with van der Waals surface area (Å²) in [5.74, 6) is -2.95. The molecule has 0 bridgehead atoms. The Balaban J connectivity index is 2.03. The van der Waals surface area contributed by atoms with Gasteiger partial charge in [0.2, 0.25) is 0 Å². The van der Waals surface area contributed by atoms with Crippen LogP contribution in [0.15, 0.2) is 18.3 Å². The number of alkyl halides is 6. The van der Waals surface area contributed by atoms with Crippen LogP contribution in [-0.4, -0.2) is 40.6 Å². The summed E-state index contributed by atoms with van der Waals surface area (Å²) in [7, 11) is 0. The standard InChI is InChI=1S/C14H12F6N2O3/c15-13(16,17)7-25-12(24)11(23)22(10-3-4-10)6-9-2-1-8(5-21-9)14(18,19)20/h1-2,5,10H,3-4,6-7H2. The molecule has 2 rings (SSSR count). The molecular weight excluding hydrogens is 358 g/mol. The van der Waals surface area contributed by atoms with Crippen LogP contribution in [0.25, 0.3) is 0 Å². The molecule has 0 unspecified atom stereocenters. The molecule has 1 saturated carbocycles. The molecular formula is C14H12F6N2O3. The number of aromatic nitrogens is 1. The Morgan fingerprint density at radius 3 is 2.24 bits per heavy atom. The Hall–Kier alpha value is -2.33. The van der Waals surface area contributed by atoms with Gasteiger partial charge in [-0.3, -0.25) is 9.78 Å². The van der Waals surface area contributed by atoms with Crippen LogP contribution in [0.5, 0.6) is 0 Å². The van der Waals surface area contributed by atoms with Gasteiger partial charge in [0.1, 0.15) is 0 Å². The molecule has 0 aromatic carbocycles. The Bertz CT molecular complexity index is 637. The van der Waals surface area contributed by atoms with E-state index in [4.69, 9.17) is 0 Å². The van der Waals surface area contributed by atoms with Crippen LogP contribution in [0.1, 0.15) is 24.1 Å². The quantitative estimate of drug-likeness (QED) is 0.465. The van der Waals surface area contributed by atoms with Crippen molar-refractivity contribution in [1.82, 2.24) is 9.88 Å². The summed E-state index contributed by atoms with van der Waals surface area (Å²) in [4.78, 5) is 27.9. The van der Waals surface area contributed by atoms with Crippen LogP contribution in [0.3, 0.4) is 0 Å². The Kier molecular flexibility index (Phi) is 5.23. The van der Waals surface area contributed by atoms with Crippen LogP contribution in [0.2, 0.25) is 0 Å². The van der Waals surface area contributed by atoms with Crippen LogP contribution < -0.4 is 0 Å². The molecule has 0 saturated heterocycles. The fourth-order valence-corrected chi connectivity index (χ4v) is 1.94. The first-order valence-corrected chi connectivity index (χ1v) is 7.04. The molecule has 1 fully saturated rings. The molecule has 0 N–H and O–H groups in total. The van der Waals surface area contributed by atoms with E-state index in [0.29, 0.717) is 19.0 Å². The van der Waals surface area contributed by atoms with Crippen LogP contribution in [-0.2, 0) is 27.0 Å². The summed E-state index contributed by atoms with van der Waals surface area (Å²) in [5, 5.41) is 0. The molecule has 0 spiro atoms. The lowest BCUT2D eigenvalue weighted by Gasteiger charge is -2.21. The highest BCUT2D eigenvalue weighted by molar-refractivity contribution is 6.32. The van der Waals surface area contributed by atoms with Gasteiger partial charge >= 0.3 is 24.2 Å². The molecule has 5 nitrogen and oxygen atoms in total. The zero-order valence-electron chi connectivity index (χ0n) is 12.5. The number of hydrogen-bond acceptors (Lipinski definition) is 4. The highest BCUT2D eigenvalue weighted by Gasteiger charge is 2.38. The summed E-state index contributed by atoms with van der Waals surface area (Å²) < 4.78 is 77.4. The summed E-state index contributed by atoms with van der Waals surface area (Å²) >= 11 is 0. The van der Waals surface area contributed by atoms with Crippen molar-refractivity contribution in [1.29, 1.82) is 0 Å². The molecule has 0 radical (unpaired) electrons. The summed E-state index contributed by atoms with van der Waals surface area (Å²) in [6.45, 7) is -2.20. The summed E-state index contributed by atoms with van der Waals surface area (Å²) in [6, 6.07) is 1.42. The van der Waals surface area contributed by atoms with Crippen molar-refractivity contribution < 1.29 is 40.7 Å². The van der Waals surface area contributed by atoms with Gasteiger partial charge in [0.05, 0.1) is 17.8 Å². The van der Waals surface area contributed by atoms with Gasteiger partial charge in [-0.05, 0) is 25.0 Å². The van der Waals surface area contributed by atoms with Crippen LogP contribution >= 0.6 is 0 Å². The van der Waals surface area contributed by atoms with E-state index in [1.54, 1.807) is 0 Å². The summed E-state index contributed by atoms with van der Waals surface area (Å²) in [5.41, 5.74) is -0.915. The fourth-order valence-electron chi connectivity index (χ4n) is 1.94. The van der Waals surface area contributed by atoms with Crippen LogP contribution in [0.4, 0.5) is 26.3 Å². The Morgan fingerprint density at radius 2 is 1.80 bits per heavy atom. The molecule has 0 aliphatic heterocycles. The predicted octanol–water partition coefficient (Wildman–Crippen LogP) is 2.70. The van der Waals surface area contributed by atoms with Gasteiger partial charge in [-0.15, -0.1) is 0 Å². The minimum atomic E-state index is -4.77. The topological polar surface area (TPSA) is 59.5 Å². The number of rotatable bonds is 4. The number of carbonyl (C=O) groups excluding carboxylic acids is 2. The number of esters is 1. The van der Waals surface area contributed by atoms with E-state index in [-0.39, 0.29) is 18.3 Å². The van der Waals surface area contributed by atoms with Gasteiger partial charge in [0, 0.05) is 12.2 Å². The molecule has 1 amide bonds. The van der Waals surface area contributed by atoms with E-state index in [9.17, 15) is 35.9 Å². The van der Waals surface area contributed by atoms with Crippen molar-refractivity contribution in [3.05, 3.63) is 29.6 Å². The molecule has 1 aliphatic rings. The maximum Gasteiger partial charge on any atom is 0.422 e. The van der Waals surface area contributed by atoms with Gasteiger partial charge in [-0.25, -0.2) is 4.79 Å². The first kappa shape index (κ1) is 19.0. The highest BCUT2D eigenvalue weighted by atomic mass is 19.4. The number of amides is 1. The molecule has 138 valence electrons. The lowest BCUT2D eigenvalue weighted by atomic mass is 10.2. The second-order valence-electron chi connectivity index (χ2n) is 5.39. The van der Waals surface area contributed by atoms with E-state index in [1.807, 2.05) is 0 Å². The fraction of sp³-hybridized carbons (Fsp3) is 0.500. The van der Waals surface area contributed by atoms with Gasteiger partial charge < -0.3 is 9.64 Å². The van der Waals surface area contributed by atoms with Crippen molar-refractivity contribution in [2.75, 3.05) is 6.61 Å². The molecule has 25 heavy (non-hydrogen) atoms. The van der Waals surface area contributed by atoms with E-state index < -0.39 is 36.4 Å².